The Morgan fingerprint density at radius 3 is 3.11 bits per heavy atom. The Kier molecular flexibility index (Phi) is 3.42. The van der Waals surface area contributed by atoms with Crippen molar-refractivity contribution >= 4 is 16.6 Å². The third-order valence-corrected chi connectivity index (χ3v) is 4.26. The summed E-state index contributed by atoms with van der Waals surface area (Å²) in [5.74, 6) is 0. The van der Waals surface area contributed by atoms with Crippen molar-refractivity contribution in [3.05, 3.63) is 24.4 Å². The van der Waals surface area contributed by atoms with E-state index in [4.69, 9.17) is 5.73 Å². The minimum absolute atomic E-state index is 0.703. The van der Waals surface area contributed by atoms with Crippen molar-refractivity contribution in [2.24, 2.45) is 0 Å². The first-order chi connectivity index (χ1) is 9.24. The molecule has 4 nitrogen and oxygen atoms in total. The second-order valence-corrected chi connectivity index (χ2v) is 5.60. The fourth-order valence-corrected chi connectivity index (χ4v) is 3.05. The highest BCUT2D eigenvalue weighted by atomic mass is 15.3. The first-order valence-corrected chi connectivity index (χ1v) is 7.15. The maximum Gasteiger partial charge on any atom is 0.0702 e. The minimum atomic E-state index is 0.703. The van der Waals surface area contributed by atoms with Crippen LogP contribution in [-0.2, 0) is 6.54 Å². The van der Waals surface area contributed by atoms with E-state index >= 15 is 0 Å². The number of benzene rings is 1. The Hall–Kier alpha value is -1.55. The number of nitrogens with zero attached hydrogens (tertiary/aromatic N) is 3. The highest BCUT2D eigenvalue weighted by molar-refractivity contribution is 5.81. The van der Waals surface area contributed by atoms with E-state index in [1.807, 2.05) is 24.4 Å². The number of fused-ring (bicyclic) bond motifs is 1. The largest absolute Gasteiger partial charge is 0.399 e. The molecule has 1 fully saturated rings. The zero-order valence-electron chi connectivity index (χ0n) is 11.5. The Bertz CT molecular complexity index is 560. The highest BCUT2D eigenvalue weighted by Gasteiger charge is 2.18. The summed E-state index contributed by atoms with van der Waals surface area (Å²) in [6.45, 7) is 2.21. The fourth-order valence-electron chi connectivity index (χ4n) is 3.05. The molecule has 0 spiro atoms. The van der Waals surface area contributed by atoms with Gasteiger partial charge in [-0.3, -0.25) is 4.68 Å². The van der Waals surface area contributed by atoms with Gasteiger partial charge in [-0.05, 0) is 51.1 Å². The molecule has 0 radical (unpaired) electrons. The summed E-state index contributed by atoms with van der Waals surface area (Å²) in [7, 11) is 2.24. The summed E-state index contributed by atoms with van der Waals surface area (Å²) in [6.07, 6.45) is 7.12. The molecule has 2 N–H and O–H groups in total. The predicted molar refractivity (Wildman–Crippen MR) is 79.0 cm³/mol. The van der Waals surface area contributed by atoms with Gasteiger partial charge < -0.3 is 10.6 Å². The first-order valence-electron chi connectivity index (χ1n) is 7.15. The Morgan fingerprint density at radius 1 is 1.37 bits per heavy atom. The van der Waals surface area contributed by atoms with E-state index in [2.05, 4.69) is 21.7 Å². The standard InChI is InChI=1S/C15H22N4/c1-18-8-3-2-4-14(18)7-9-19-15-10-13(16)6-5-12(15)11-17-19/h5-6,10-11,14H,2-4,7-9,16H2,1H3. The van der Waals surface area contributed by atoms with E-state index in [0.717, 1.165) is 17.7 Å². The van der Waals surface area contributed by atoms with Gasteiger partial charge in [0.2, 0.25) is 0 Å². The number of anilines is 1. The van der Waals surface area contributed by atoms with Crippen molar-refractivity contribution in [1.29, 1.82) is 0 Å². The van der Waals surface area contributed by atoms with Crippen molar-refractivity contribution in [3.63, 3.8) is 0 Å². The first kappa shape index (κ1) is 12.5. The van der Waals surface area contributed by atoms with Gasteiger partial charge in [0.15, 0.2) is 0 Å². The molecule has 1 unspecified atom stereocenters. The van der Waals surface area contributed by atoms with Crippen molar-refractivity contribution in [1.82, 2.24) is 14.7 Å². The predicted octanol–water partition coefficient (Wildman–Crippen LogP) is 2.49. The van der Waals surface area contributed by atoms with E-state index in [9.17, 15) is 0 Å². The monoisotopic (exact) mass is 258 g/mol. The van der Waals surface area contributed by atoms with Gasteiger partial charge >= 0.3 is 0 Å². The molecule has 1 atom stereocenters. The number of nitrogens with two attached hydrogens (primary N) is 1. The van der Waals surface area contributed by atoms with Gasteiger partial charge in [-0.25, -0.2) is 0 Å². The molecule has 1 aromatic heterocycles. The van der Waals surface area contributed by atoms with Gasteiger partial charge in [-0.2, -0.15) is 5.10 Å². The number of hydrogen-bond acceptors (Lipinski definition) is 3. The lowest BCUT2D eigenvalue weighted by Gasteiger charge is -2.32. The summed E-state index contributed by atoms with van der Waals surface area (Å²) in [4.78, 5) is 2.49. The Morgan fingerprint density at radius 2 is 2.26 bits per heavy atom. The number of nitrogen functional groups attached to an aromatic ring is 1. The molecule has 1 saturated heterocycles. The molecule has 2 aromatic rings. The lowest BCUT2D eigenvalue weighted by molar-refractivity contribution is 0.170. The molecule has 1 aliphatic rings. The van der Waals surface area contributed by atoms with Crippen molar-refractivity contribution in [2.75, 3.05) is 19.3 Å². The number of rotatable bonds is 3. The fraction of sp³-hybridized carbons (Fsp3) is 0.533. The maximum atomic E-state index is 5.86. The normalized spacial score (nSPS) is 21.0. The van der Waals surface area contributed by atoms with Crippen LogP contribution < -0.4 is 5.73 Å². The van der Waals surface area contributed by atoms with Gasteiger partial charge in [0.05, 0.1) is 11.7 Å². The zero-order chi connectivity index (χ0) is 13.2. The molecule has 0 amide bonds. The van der Waals surface area contributed by atoms with E-state index in [0.29, 0.717) is 6.04 Å². The molecule has 19 heavy (non-hydrogen) atoms. The van der Waals surface area contributed by atoms with Crippen LogP contribution in [0.3, 0.4) is 0 Å². The van der Waals surface area contributed by atoms with Crippen LogP contribution in [0.4, 0.5) is 5.69 Å². The van der Waals surface area contributed by atoms with Crippen molar-refractivity contribution < 1.29 is 0 Å². The lowest BCUT2D eigenvalue weighted by Crippen LogP contribution is -2.36. The topological polar surface area (TPSA) is 47.1 Å². The molecule has 0 bridgehead atoms. The summed E-state index contributed by atoms with van der Waals surface area (Å²) in [5, 5.41) is 5.66. The summed E-state index contributed by atoms with van der Waals surface area (Å²) in [6, 6.07) is 6.70. The van der Waals surface area contributed by atoms with Gasteiger partial charge in [0.1, 0.15) is 0 Å². The minimum Gasteiger partial charge on any atom is -0.399 e. The molecule has 1 aromatic carbocycles. The quantitative estimate of drug-likeness (QED) is 0.860. The smallest absolute Gasteiger partial charge is 0.0702 e. The van der Waals surface area contributed by atoms with Crippen molar-refractivity contribution in [3.8, 4) is 0 Å². The summed E-state index contributed by atoms with van der Waals surface area (Å²) >= 11 is 0. The number of hydrogen-bond donors (Lipinski definition) is 1. The molecule has 2 heterocycles. The van der Waals surface area contributed by atoms with E-state index in [-0.39, 0.29) is 0 Å². The third-order valence-electron chi connectivity index (χ3n) is 4.26. The average molecular weight is 258 g/mol. The average Bonchev–Trinajstić information content (AvgIpc) is 2.80. The Labute approximate surface area is 114 Å². The van der Waals surface area contributed by atoms with E-state index in [1.54, 1.807) is 0 Å². The molecule has 3 rings (SSSR count). The van der Waals surface area contributed by atoms with Gasteiger partial charge in [0.25, 0.3) is 0 Å². The van der Waals surface area contributed by atoms with Crippen LogP contribution in [0.1, 0.15) is 25.7 Å². The van der Waals surface area contributed by atoms with Crippen LogP contribution in [0.15, 0.2) is 24.4 Å². The summed E-state index contributed by atoms with van der Waals surface area (Å²) in [5.41, 5.74) is 7.82. The molecular weight excluding hydrogens is 236 g/mol. The van der Waals surface area contributed by atoms with Gasteiger partial charge in [-0.1, -0.05) is 6.42 Å². The molecule has 1 aliphatic heterocycles. The number of piperidine rings is 1. The van der Waals surface area contributed by atoms with Crippen LogP contribution in [-0.4, -0.2) is 34.3 Å². The molecule has 0 saturated carbocycles. The zero-order valence-corrected chi connectivity index (χ0v) is 11.5. The SMILES string of the molecule is CN1CCCCC1CCn1ncc2ccc(N)cc21. The highest BCUT2D eigenvalue weighted by Crippen LogP contribution is 2.21. The molecular formula is C15H22N4. The molecule has 0 aliphatic carbocycles. The van der Waals surface area contributed by atoms with Crippen LogP contribution in [0.25, 0.3) is 10.9 Å². The van der Waals surface area contributed by atoms with Crippen LogP contribution >= 0.6 is 0 Å². The lowest BCUT2D eigenvalue weighted by atomic mass is 10.0. The number of aryl methyl sites for hydroxylation is 1. The third kappa shape index (κ3) is 2.59. The van der Waals surface area contributed by atoms with E-state index in [1.165, 1.54) is 37.6 Å². The van der Waals surface area contributed by atoms with E-state index < -0.39 is 0 Å². The van der Waals surface area contributed by atoms with Gasteiger partial charge in [0, 0.05) is 23.7 Å². The van der Waals surface area contributed by atoms with Gasteiger partial charge in [-0.15, -0.1) is 0 Å². The van der Waals surface area contributed by atoms with Crippen LogP contribution in [0.2, 0.25) is 0 Å². The molecule has 102 valence electrons. The number of likely N-dealkylation sites (tertiary alicyclic amines) is 1. The van der Waals surface area contributed by atoms with Crippen molar-refractivity contribution in [2.45, 2.75) is 38.3 Å². The Balaban J connectivity index is 1.72. The maximum absolute atomic E-state index is 5.86. The van der Waals surface area contributed by atoms with Crippen LogP contribution in [0, 0.1) is 0 Å². The summed E-state index contributed by atoms with van der Waals surface area (Å²) < 4.78 is 2.09. The second kappa shape index (κ2) is 5.21. The van der Waals surface area contributed by atoms with Crippen LogP contribution in [0.5, 0.6) is 0 Å². The number of aromatic nitrogens is 2. The second-order valence-electron chi connectivity index (χ2n) is 5.60. The molecule has 4 heteroatoms.